The lowest BCUT2D eigenvalue weighted by Crippen LogP contribution is -2.30. The van der Waals surface area contributed by atoms with Gasteiger partial charge in [-0.1, -0.05) is 6.07 Å². The highest BCUT2D eigenvalue weighted by molar-refractivity contribution is 9.10. The number of hydrogen-bond acceptors (Lipinski definition) is 2. The van der Waals surface area contributed by atoms with Crippen molar-refractivity contribution >= 4 is 21.8 Å². The summed E-state index contributed by atoms with van der Waals surface area (Å²) in [4.78, 5) is 15.7. The zero-order valence-electron chi connectivity index (χ0n) is 10.9. The molecule has 0 aliphatic carbocycles. The normalized spacial score (nSPS) is 10.8. The third-order valence-electron chi connectivity index (χ3n) is 2.62. The van der Waals surface area contributed by atoms with Crippen LogP contribution in [-0.2, 0) is 0 Å². The molecule has 0 aliphatic heterocycles. The first-order valence-corrected chi connectivity index (χ1v) is 6.57. The van der Waals surface area contributed by atoms with Crippen LogP contribution in [0.4, 0.5) is 4.39 Å². The van der Waals surface area contributed by atoms with Crippen LogP contribution in [0, 0.1) is 5.82 Å². The van der Waals surface area contributed by atoms with Crippen LogP contribution in [0.3, 0.4) is 0 Å². The highest BCUT2D eigenvalue weighted by Gasteiger charge is 2.18. The minimum Gasteiger partial charge on any atom is -0.342 e. The molecular formula is C13H18BrFN2O. The fraction of sp³-hybridized carbons (Fsp3) is 0.462. The van der Waals surface area contributed by atoms with Crippen LogP contribution in [0.15, 0.2) is 22.7 Å². The van der Waals surface area contributed by atoms with Gasteiger partial charge in [0.1, 0.15) is 5.82 Å². The molecule has 1 aromatic carbocycles. The maximum atomic E-state index is 13.6. The molecule has 0 saturated carbocycles. The lowest BCUT2D eigenvalue weighted by atomic mass is 10.2. The summed E-state index contributed by atoms with van der Waals surface area (Å²) in [5.74, 6) is -0.785. The Labute approximate surface area is 116 Å². The highest BCUT2D eigenvalue weighted by atomic mass is 79.9. The summed E-state index contributed by atoms with van der Waals surface area (Å²) in [7, 11) is 5.65. The topological polar surface area (TPSA) is 23.6 Å². The van der Waals surface area contributed by atoms with E-state index in [0.29, 0.717) is 11.0 Å². The van der Waals surface area contributed by atoms with Crippen LogP contribution >= 0.6 is 15.9 Å². The molecule has 18 heavy (non-hydrogen) atoms. The number of amides is 1. The molecule has 0 aliphatic rings. The zero-order chi connectivity index (χ0) is 13.7. The molecule has 0 unspecified atom stereocenters. The van der Waals surface area contributed by atoms with Crippen molar-refractivity contribution in [3.63, 3.8) is 0 Å². The summed E-state index contributed by atoms with van der Waals surface area (Å²) >= 11 is 3.21. The summed E-state index contributed by atoms with van der Waals surface area (Å²) in [6.45, 7) is 1.51. The fourth-order valence-corrected chi connectivity index (χ4v) is 2.13. The second-order valence-corrected chi connectivity index (χ2v) is 5.33. The Bertz CT molecular complexity index is 403. The average molecular weight is 317 g/mol. The summed E-state index contributed by atoms with van der Waals surface area (Å²) in [5, 5.41) is 0. The SMILES string of the molecule is CN(C)CCCN(C)C(=O)c1c(F)cccc1Br. The molecule has 0 bridgehead atoms. The third kappa shape index (κ3) is 4.07. The van der Waals surface area contributed by atoms with Crippen molar-refractivity contribution in [3.05, 3.63) is 34.1 Å². The van der Waals surface area contributed by atoms with Crippen LogP contribution in [0.1, 0.15) is 16.8 Å². The molecule has 1 rings (SSSR count). The molecule has 0 atom stereocenters. The number of benzene rings is 1. The quantitative estimate of drug-likeness (QED) is 0.833. The van der Waals surface area contributed by atoms with Crippen molar-refractivity contribution in [1.82, 2.24) is 9.80 Å². The van der Waals surface area contributed by atoms with E-state index in [1.54, 1.807) is 24.1 Å². The number of halogens is 2. The van der Waals surface area contributed by atoms with Gasteiger partial charge in [-0.15, -0.1) is 0 Å². The van der Waals surface area contributed by atoms with Gasteiger partial charge in [0.25, 0.3) is 5.91 Å². The van der Waals surface area contributed by atoms with Gasteiger partial charge in [0.2, 0.25) is 0 Å². The van der Waals surface area contributed by atoms with Crippen molar-refractivity contribution in [2.24, 2.45) is 0 Å². The Morgan fingerprint density at radius 3 is 2.50 bits per heavy atom. The predicted octanol–water partition coefficient (Wildman–Crippen LogP) is 2.61. The molecule has 0 radical (unpaired) electrons. The lowest BCUT2D eigenvalue weighted by molar-refractivity contribution is 0.0785. The van der Waals surface area contributed by atoms with Gasteiger partial charge >= 0.3 is 0 Å². The zero-order valence-corrected chi connectivity index (χ0v) is 12.5. The number of carbonyl (C=O) groups excluding carboxylic acids is 1. The number of nitrogens with zero attached hydrogens (tertiary/aromatic N) is 2. The van der Waals surface area contributed by atoms with Gasteiger partial charge in [-0.05, 0) is 55.1 Å². The van der Waals surface area contributed by atoms with Gasteiger partial charge in [0, 0.05) is 18.1 Å². The summed E-state index contributed by atoms with van der Waals surface area (Å²) in [5.41, 5.74) is 0.102. The number of carbonyl (C=O) groups is 1. The molecule has 0 aromatic heterocycles. The molecule has 0 spiro atoms. The van der Waals surface area contributed by atoms with Gasteiger partial charge in [-0.3, -0.25) is 4.79 Å². The van der Waals surface area contributed by atoms with Gasteiger partial charge < -0.3 is 9.80 Å². The van der Waals surface area contributed by atoms with Crippen molar-refractivity contribution in [1.29, 1.82) is 0 Å². The molecule has 0 saturated heterocycles. The summed E-state index contributed by atoms with van der Waals surface area (Å²) in [6, 6.07) is 4.54. The van der Waals surface area contributed by atoms with Crippen molar-refractivity contribution in [2.45, 2.75) is 6.42 Å². The van der Waals surface area contributed by atoms with E-state index in [1.165, 1.54) is 6.07 Å². The molecule has 0 N–H and O–H groups in total. The largest absolute Gasteiger partial charge is 0.342 e. The first-order chi connectivity index (χ1) is 8.43. The molecule has 3 nitrogen and oxygen atoms in total. The lowest BCUT2D eigenvalue weighted by Gasteiger charge is -2.19. The Balaban J connectivity index is 2.69. The van der Waals surface area contributed by atoms with Crippen molar-refractivity contribution in [2.75, 3.05) is 34.2 Å². The molecule has 1 aromatic rings. The fourth-order valence-electron chi connectivity index (χ4n) is 1.62. The van der Waals surface area contributed by atoms with E-state index in [0.717, 1.165) is 13.0 Å². The van der Waals surface area contributed by atoms with Crippen molar-refractivity contribution in [3.8, 4) is 0 Å². The van der Waals surface area contributed by atoms with Gasteiger partial charge in [0.15, 0.2) is 0 Å². The maximum absolute atomic E-state index is 13.6. The summed E-state index contributed by atoms with van der Waals surface area (Å²) in [6.07, 6.45) is 0.862. The van der Waals surface area contributed by atoms with Gasteiger partial charge in [0.05, 0.1) is 5.56 Å². The standard InChI is InChI=1S/C13H18BrFN2O/c1-16(2)8-5-9-17(3)13(18)12-10(14)6-4-7-11(12)15/h4,6-7H,5,8-9H2,1-3H3. The van der Waals surface area contributed by atoms with Crippen LogP contribution in [0.5, 0.6) is 0 Å². The van der Waals surface area contributed by atoms with Crippen molar-refractivity contribution < 1.29 is 9.18 Å². The predicted molar refractivity (Wildman–Crippen MR) is 74.2 cm³/mol. The minimum atomic E-state index is -0.492. The van der Waals surface area contributed by atoms with E-state index in [2.05, 4.69) is 20.8 Å². The second kappa shape index (κ2) is 6.85. The molecule has 0 heterocycles. The molecule has 0 fully saturated rings. The molecule has 1 amide bonds. The molecular weight excluding hydrogens is 299 g/mol. The Hall–Kier alpha value is -0.940. The van der Waals surface area contributed by atoms with E-state index in [4.69, 9.17) is 0 Å². The highest BCUT2D eigenvalue weighted by Crippen LogP contribution is 2.21. The first-order valence-electron chi connectivity index (χ1n) is 5.77. The maximum Gasteiger partial charge on any atom is 0.257 e. The van der Waals surface area contributed by atoms with E-state index in [-0.39, 0.29) is 11.5 Å². The first kappa shape index (κ1) is 15.1. The Kier molecular flexibility index (Phi) is 5.75. The van der Waals surface area contributed by atoms with E-state index >= 15 is 0 Å². The molecule has 100 valence electrons. The third-order valence-corrected chi connectivity index (χ3v) is 3.28. The summed E-state index contributed by atoms with van der Waals surface area (Å²) < 4.78 is 14.1. The number of hydrogen-bond donors (Lipinski definition) is 0. The van der Waals surface area contributed by atoms with Crippen LogP contribution in [-0.4, -0.2) is 49.9 Å². The minimum absolute atomic E-state index is 0.102. The van der Waals surface area contributed by atoms with Crippen LogP contribution in [0.2, 0.25) is 0 Å². The smallest absolute Gasteiger partial charge is 0.257 e. The number of rotatable bonds is 5. The van der Waals surface area contributed by atoms with Gasteiger partial charge in [-0.25, -0.2) is 4.39 Å². The average Bonchev–Trinajstić information content (AvgIpc) is 2.27. The van der Waals surface area contributed by atoms with E-state index in [9.17, 15) is 9.18 Å². The second-order valence-electron chi connectivity index (χ2n) is 4.48. The Morgan fingerprint density at radius 1 is 1.28 bits per heavy atom. The van der Waals surface area contributed by atoms with E-state index < -0.39 is 5.82 Å². The molecule has 5 heteroatoms. The Morgan fingerprint density at radius 2 is 1.94 bits per heavy atom. The van der Waals surface area contributed by atoms with E-state index in [1.807, 2.05) is 14.1 Å². The monoisotopic (exact) mass is 316 g/mol. The van der Waals surface area contributed by atoms with Crippen LogP contribution in [0.25, 0.3) is 0 Å². The van der Waals surface area contributed by atoms with Crippen LogP contribution < -0.4 is 0 Å². The van der Waals surface area contributed by atoms with Gasteiger partial charge in [-0.2, -0.15) is 0 Å².